The quantitative estimate of drug-likeness (QED) is 0.536. The molecule has 1 aromatic carbocycles. The number of likely N-dealkylation sites (tertiary alicyclic amines) is 1. The number of aryl methyl sites for hydroxylation is 1. The predicted molar refractivity (Wildman–Crippen MR) is 103 cm³/mol. The number of amides is 1. The van der Waals surface area contributed by atoms with Gasteiger partial charge in [0, 0.05) is 5.38 Å². The highest BCUT2D eigenvalue weighted by Gasteiger charge is 2.36. The molecule has 0 bridgehead atoms. The van der Waals surface area contributed by atoms with E-state index in [9.17, 15) is 24.7 Å². The SMILES string of the molecule is Nc1nc(C(=O)N2CC(Oc3ccc4c(c3C(=O)O)C[B-](O)(O)CC4)C2)cs1. The largest absolute Gasteiger partial charge is 0.583 e. The second-order valence-corrected chi connectivity index (χ2v) is 8.17. The maximum atomic E-state index is 12.3. The Bertz CT molecular complexity index is 956. The maximum absolute atomic E-state index is 12.3. The summed E-state index contributed by atoms with van der Waals surface area (Å²) in [6.45, 7) is -1.99. The summed E-state index contributed by atoms with van der Waals surface area (Å²) >= 11 is 1.19. The number of benzene rings is 1. The molecule has 3 heterocycles. The van der Waals surface area contributed by atoms with E-state index in [4.69, 9.17) is 10.5 Å². The third kappa shape index (κ3) is 3.43. The van der Waals surface area contributed by atoms with Crippen LogP contribution in [0.1, 0.15) is 32.0 Å². The fourth-order valence-corrected chi connectivity index (χ4v) is 4.23. The number of aromatic nitrogens is 1. The molecule has 0 aliphatic carbocycles. The molecule has 0 radical (unpaired) electrons. The van der Waals surface area contributed by atoms with E-state index in [2.05, 4.69) is 4.98 Å². The van der Waals surface area contributed by atoms with Crippen molar-refractivity contribution in [1.29, 1.82) is 0 Å². The van der Waals surface area contributed by atoms with E-state index in [-0.39, 0.29) is 41.7 Å². The number of nitrogens with zero attached hydrogens (tertiary/aromatic N) is 2. The Morgan fingerprint density at radius 3 is 2.71 bits per heavy atom. The highest BCUT2D eigenvalue weighted by Crippen LogP contribution is 2.34. The molecule has 5 N–H and O–H groups in total. The average molecular weight is 404 g/mol. The van der Waals surface area contributed by atoms with Crippen LogP contribution in [0.15, 0.2) is 17.5 Å². The van der Waals surface area contributed by atoms with Crippen LogP contribution in [0, 0.1) is 0 Å². The number of carbonyl (C=O) groups excluding carboxylic acids is 1. The topological polar surface area (TPSA) is 146 Å². The Kier molecular flexibility index (Phi) is 4.52. The average Bonchev–Trinajstić information content (AvgIpc) is 3.02. The van der Waals surface area contributed by atoms with Gasteiger partial charge in [0.1, 0.15) is 23.1 Å². The van der Waals surface area contributed by atoms with Crippen LogP contribution in [-0.2, 0) is 12.7 Å². The van der Waals surface area contributed by atoms with Crippen molar-refractivity contribution in [2.75, 3.05) is 18.8 Å². The monoisotopic (exact) mass is 404 g/mol. The van der Waals surface area contributed by atoms with Gasteiger partial charge in [-0.05, 0) is 11.6 Å². The highest BCUT2D eigenvalue weighted by atomic mass is 32.1. The minimum Gasteiger partial charge on any atom is -0.583 e. The molecule has 9 nitrogen and oxygen atoms in total. The van der Waals surface area contributed by atoms with Crippen molar-refractivity contribution in [2.45, 2.75) is 25.2 Å². The first-order valence-corrected chi connectivity index (χ1v) is 9.79. The zero-order valence-electron chi connectivity index (χ0n) is 14.9. The molecule has 4 rings (SSSR count). The third-order valence-corrected chi connectivity index (χ3v) is 5.84. The molecule has 1 amide bonds. The lowest BCUT2D eigenvalue weighted by Crippen LogP contribution is -2.56. The molecule has 0 unspecified atom stereocenters. The molecule has 0 atom stereocenters. The number of thiazole rings is 1. The molecular formula is C17H19BN3O6S-. The number of carbonyl (C=O) groups is 2. The van der Waals surface area contributed by atoms with Gasteiger partial charge in [0.15, 0.2) is 5.13 Å². The first-order chi connectivity index (χ1) is 13.2. The van der Waals surface area contributed by atoms with Crippen molar-refractivity contribution < 1.29 is 29.5 Å². The van der Waals surface area contributed by atoms with E-state index in [0.717, 1.165) is 5.56 Å². The van der Waals surface area contributed by atoms with Gasteiger partial charge < -0.3 is 30.5 Å². The van der Waals surface area contributed by atoms with Gasteiger partial charge >= 0.3 is 5.97 Å². The predicted octanol–water partition coefficient (Wildman–Crippen LogP) is 0.391. The van der Waals surface area contributed by atoms with Gasteiger partial charge in [-0.1, -0.05) is 18.1 Å². The molecule has 11 heteroatoms. The fourth-order valence-electron chi connectivity index (χ4n) is 3.69. The summed E-state index contributed by atoms with van der Waals surface area (Å²) in [6, 6.07) is 3.37. The van der Waals surface area contributed by atoms with Crippen molar-refractivity contribution in [3.05, 3.63) is 39.9 Å². The van der Waals surface area contributed by atoms with Gasteiger partial charge in [-0.15, -0.1) is 24.0 Å². The molecule has 1 aromatic heterocycles. The normalized spacial score (nSPS) is 18.3. The molecule has 0 spiro atoms. The second kappa shape index (κ2) is 6.76. The van der Waals surface area contributed by atoms with Crippen LogP contribution in [0.25, 0.3) is 0 Å². The van der Waals surface area contributed by atoms with Crippen LogP contribution in [0.2, 0.25) is 6.32 Å². The molecular weight excluding hydrogens is 385 g/mol. The van der Waals surface area contributed by atoms with E-state index < -0.39 is 12.5 Å². The Labute approximate surface area is 164 Å². The maximum Gasteiger partial charge on any atom is 0.339 e. The van der Waals surface area contributed by atoms with Crippen molar-refractivity contribution in [3.63, 3.8) is 0 Å². The molecule has 2 aromatic rings. The summed E-state index contributed by atoms with van der Waals surface area (Å²) < 4.78 is 5.82. The van der Waals surface area contributed by atoms with E-state index in [1.54, 1.807) is 22.4 Å². The van der Waals surface area contributed by atoms with E-state index >= 15 is 0 Å². The van der Waals surface area contributed by atoms with Gasteiger partial charge in [-0.3, -0.25) is 4.79 Å². The molecule has 0 saturated carbocycles. The number of nitrogens with two attached hydrogens (primary N) is 1. The Morgan fingerprint density at radius 1 is 1.32 bits per heavy atom. The van der Waals surface area contributed by atoms with Gasteiger partial charge in [-0.25, -0.2) is 9.78 Å². The summed E-state index contributed by atoms with van der Waals surface area (Å²) in [4.78, 5) is 29.6. The number of fused-ring (bicyclic) bond motifs is 1. The van der Waals surface area contributed by atoms with Gasteiger partial charge in [-0.2, -0.15) is 0 Å². The summed E-state index contributed by atoms with van der Waals surface area (Å²) in [5.41, 5.74) is 6.99. The molecule has 2 aliphatic rings. The number of hydrogen-bond donors (Lipinski definition) is 4. The Morgan fingerprint density at radius 2 is 2.07 bits per heavy atom. The summed E-state index contributed by atoms with van der Waals surface area (Å²) in [6.07, 6.45) is 0.172. The number of anilines is 1. The lowest BCUT2D eigenvalue weighted by atomic mass is 9.47. The second-order valence-electron chi connectivity index (χ2n) is 7.28. The summed E-state index contributed by atoms with van der Waals surface area (Å²) in [7, 11) is 0. The van der Waals surface area contributed by atoms with Crippen LogP contribution in [-0.4, -0.2) is 62.7 Å². The number of rotatable bonds is 4. The van der Waals surface area contributed by atoms with Crippen molar-refractivity contribution in [3.8, 4) is 5.75 Å². The number of hydrogen-bond acceptors (Lipinski definition) is 8. The van der Waals surface area contributed by atoms with Crippen LogP contribution in [0.4, 0.5) is 5.13 Å². The molecule has 28 heavy (non-hydrogen) atoms. The standard InChI is InChI=1S/C17H19BN3O6S/c19-17-20-12(8-28-17)15(22)21-6-10(7-21)27-13-2-1-9-3-4-18(25,26)5-11(9)14(13)16(23)24/h1-2,8,10,25-26H,3-7H2,(H2,19,20)(H,23,24)/q-1. The molecule has 148 valence electrons. The zero-order valence-corrected chi connectivity index (χ0v) is 15.7. The van der Waals surface area contributed by atoms with Crippen molar-refractivity contribution in [1.82, 2.24) is 9.88 Å². The summed E-state index contributed by atoms with van der Waals surface area (Å²) in [5, 5.41) is 31.6. The number of carboxylic acids is 1. The van der Waals surface area contributed by atoms with Gasteiger partial charge in [0.05, 0.1) is 13.1 Å². The van der Waals surface area contributed by atoms with Crippen LogP contribution in [0.5, 0.6) is 5.75 Å². The Balaban J connectivity index is 1.49. The van der Waals surface area contributed by atoms with Gasteiger partial charge in [0.25, 0.3) is 5.91 Å². The number of carboxylic acid groups (broad SMARTS) is 1. The fraction of sp³-hybridized carbons (Fsp3) is 0.353. The molecule has 1 saturated heterocycles. The Hall–Kier alpha value is -2.63. The van der Waals surface area contributed by atoms with Crippen LogP contribution in [0.3, 0.4) is 0 Å². The smallest absolute Gasteiger partial charge is 0.339 e. The van der Waals surface area contributed by atoms with Gasteiger partial charge in [0.2, 0.25) is 6.55 Å². The third-order valence-electron chi connectivity index (χ3n) is 5.16. The van der Waals surface area contributed by atoms with E-state index in [0.29, 0.717) is 30.2 Å². The number of aromatic carboxylic acids is 1. The van der Waals surface area contributed by atoms with Crippen molar-refractivity contribution in [2.24, 2.45) is 0 Å². The molecule has 2 aliphatic heterocycles. The first-order valence-electron chi connectivity index (χ1n) is 8.91. The lowest BCUT2D eigenvalue weighted by molar-refractivity contribution is 0.0166. The van der Waals surface area contributed by atoms with E-state index in [1.807, 2.05) is 0 Å². The van der Waals surface area contributed by atoms with E-state index in [1.165, 1.54) is 11.3 Å². The van der Waals surface area contributed by atoms with Crippen molar-refractivity contribution >= 4 is 34.9 Å². The molecule has 1 fully saturated rings. The number of ether oxygens (including phenoxy) is 1. The minimum absolute atomic E-state index is 0.0383. The first kappa shape index (κ1) is 18.7. The summed E-state index contributed by atoms with van der Waals surface area (Å²) in [5.74, 6) is -1.25. The highest BCUT2D eigenvalue weighted by molar-refractivity contribution is 7.13. The van der Waals surface area contributed by atoms with Crippen LogP contribution < -0.4 is 10.5 Å². The lowest BCUT2D eigenvalue weighted by Gasteiger charge is -2.39. The van der Waals surface area contributed by atoms with Crippen LogP contribution >= 0.6 is 11.3 Å². The minimum atomic E-state index is -2.60. The zero-order chi connectivity index (χ0) is 20.1. The number of nitrogen functional groups attached to an aromatic ring is 1.